The normalized spacial score (nSPS) is 13.2. The Morgan fingerprint density at radius 3 is 2.33 bits per heavy atom. The summed E-state index contributed by atoms with van der Waals surface area (Å²) in [5, 5.41) is 0.872. The van der Waals surface area contributed by atoms with E-state index in [1.165, 1.54) is 5.56 Å². The summed E-state index contributed by atoms with van der Waals surface area (Å²) >= 11 is 0. The van der Waals surface area contributed by atoms with Gasteiger partial charge in [0.05, 0.1) is 26.0 Å². The zero-order chi connectivity index (χ0) is 36.3. The Kier molecular flexibility index (Phi) is 12.5. The molecule has 0 spiro atoms. The summed E-state index contributed by atoms with van der Waals surface area (Å²) < 4.78 is 25.4. The van der Waals surface area contributed by atoms with Crippen LogP contribution in [0.1, 0.15) is 53.2 Å². The SMILES string of the molecule is CCOC(=O)CCCn1cc(C(=O)c2ccc(OCc3ccc(C)cc3)c(OCCCN3CCN(c4ccccc4OC)CC3)c2)c2ccccc21. The molecule has 1 fully saturated rings. The number of fused-ring (bicyclic) bond motifs is 1. The van der Waals surface area contributed by atoms with Crippen molar-refractivity contribution < 1.29 is 28.5 Å². The Labute approximate surface area is 306 Å². The average molecular weight is 704 g/mol. The number of benzene rings is 4. The first-order chi connectivity index (χ1) is 25.4. The van der Waals surface area contributed by atoms with Gasteiger partial charge in [-0.25, -0.2) is 0 Å². The Morgan fingerprint density at radius 2 is 1.54 bits per heavy atom. The lowest BCUT2D eigenvalue weighted by Crippen LogP contribution is -2.46. The molecule has 0 amide bonds. The molecule has 5 aromatic rings. The molecule has 1 aliphatic rings. The summed E-state index contributed by atoms with van der Waals surface area (Å²) in [6.07, 6.45) is 3.68. The fraction of sp³-hybridized carbons (Fsp3) is 0.349. The third-order valence-corrected chi connectivity index (χ3v) is 9.51. The van der Waals surface area contributed by atoms with E-state index in [4.69, 9.17) is 18.9 Å². The Hall–Kier alpha value is -5.28. The van der Waals surface area contributed by atoms with Crippen LogP contribution in [-0.2, 0) is 22.7 Å². The molecule has 52 heavy (non-hydrogen) atoms. The summed E-state index contributed by atoms with van der Waals surface area (Å²) in [5.41, 5.74) is 5.47. The summed E-state index contributed by atoms with van der Waals surface area (Å²) in [7, 11) is 1.72. The van der Waals surface area contributed by atoms with E-state index in [0.717, 1.165) is 67.0 Å². The molecule has 0 saturated carbocycles. The summed E-state index contributed by atoms with van der Waals surface area (Å²) in [5.74, 6) is 1.76. The molecule has 1 saturated heterocycles. The van der Waals surface area contributed by atoms with E-state index < -0.39 is 0 Å². The van der Waals surface area contributed by atoms with Gasteiger partial charge in [-0.3, -0.25) is 14.5 Å². The van der Waals surface area contributed by atoms with Gasteiger partial charge in [-0.15, -0.1) is 0 Å². The van der Waals surface area contributed by atoms with Gasteiger partial charge in [-0.2, -0.15) is 0 Å². The molecule has 0 N–H and O–H groups in total. The number of para-hydroxylation sites is 3. The Bertz CT molecular complexity index is 1940. The van der Waals surface area contributed by atoms with Crippen LogP contribution >= 0.6 is 0 Å². The Morgan fingerprint density at radius 1 is 0.769 bits per heavy atom. The minimum absolute atomic E-state index is 0.0943. The van der Waals surface area contributed by atoms with Crippen molar-refractivity contribution in [3.05, 3.63) is 119 Å². The standard InChI is InChI=1S/C43H49N3O6/c1-4-50-42(47)15-9-23-46-30-36(35-11-5-6-12-37(35)46)43(48)34-20-21-40(52-31-33-18-16-32(2)17-19-33)41(29-34)51-28-10-22-44-24-26-45(27-25-44)38-13-7-8-14-39(38)49-3/h5-8,11-14,16-21,29-30H,4,9-10,15,22-28,31H2,1-3H3. The summed E-state index contributed by atoms with van der Waals surface area (Å²) in [6.45, 7) is 10.4. The van der Waals surface area contributed by atoms with Gasteiger partial charge in [0.1, 0.15) is 12.4 Å². The van der Waals surface area contributed by atoms with Crippen LogP contribution in [0.5, 0.6) is 17.2 Å². The van der Waals surface area contributed by atoms with Crippen molar-refractivity contribution in [2.45, 2.75) is 46.3 Å². The number of hydrogen-bond acceptors (Lipinski definition) is 8. The second kappa shape index (κ2) is 17.8. The molecule has 0 atom stereocenters. The number of aryl methyl sites for hydroxylation is 2. The van der Waals surface area contributed by atoms with Crippen LogP contribution in [0.15, 0.2) is 97.2 Å². The fourth-order valence-electron chi connectivity index (χ4n) is 6.70. The van der Waals surface area contributed by atoms with Gasteiger partial charge < -0.3 is 28.4 Å². The van der Waals surface area contributed by atoms with E-state index in [9.17, 15) is 9.59 Å². The smallest absolute Gasteiger partial charge is 0.305 e. The van der Waals surface area contributed by atoms with E-state index in [1.807, 2.05) is 67.7 Å². The second-order valence-electron chi connectivity index (χ2n) is 13.1. The first-order valence-corrected chi connectivity index (χ1v) is 18.3. The number of carbonyl (C=O) groups excluding carboxylic acids is 2. The average Bonchev–Trinajstić information content (AvgIpc) is 3.55. The Balaban J connectivity index is 1.13. The first kappa shape index (κ1) is 36.5. The first-order valence-electron chi connectivity index (χ1n) is 18.3. The second-order valence-corrected chi connectivity index (χ2v) is 13.1. The molecule has 0 aliphatic carbocycles. The third kappa shape index (κ3) is 9.14. The molecule has 6 rings (SSSR count). The molecular formula is C43H49N3O6. The van der Waals surface area contributed by atoms with Crippen molar-refractivity contribution in [3.63, 3.8) is 0 Å². The number of hydrogen-bond donors (Lipinski definition) is 0. The molecule has 0 radical (unpaired) electrons. The number of anilines is 1. The third-order valence-electron chi connectivity index (χ3n) is 9.51. The number of rotatable bonds is 17. The summed E-state index contributed by atoms with van der Waals surface area (Å²) in [4.78, 5) is 30.9. The summed E-state index contributed by atoms with van der Waals surface area (Å²) in [6, 6.07) is 29.8. The number of ketones is 1. The van der Waals surface area contributed by atoms with Gasteiger partial charge in [-0.1, -0.05) is 60.2 Å². The lowest BCUT2D eigenvalue weighted by atomic mass is 10.0. The van der Waals surface area contributed by atoms with Crippen LogP contribution in [0.3, 0.4) is 0 Å². The lowest BCUT2D eigenvalue weighted by Gasteiger charge is -2.36. The predicted octanol–water partition coefficient (Wildman–Crippen LogP) is 7.70. The minimum atomic E-state index is -0.209. The number of piperazine rings is 1. The fourth-order valence-corrected chi connectivity index (χ4v) is 6.70. The molecule has 1 aliphatic heterocycles. The monoisotopic (exact) mass is 703 g/mol. The van der Waals surface area contributed by atoms with Crippen LogP contribution in [0.2, 0.25) is 0 Å². The van der Waals surface area contributed by atoms with E-state index in [0.29, 0.717) is 61.8 Å². The van der Waals surface area contributed by atoms with Gasteiger partial charge in [0.15, 0.2) is 17.3 Å². The molecular weight excluding hydrogens is 654 g/mol. The van der Waals surface area contributed by atoms with Gasteiger partial charge in [-0.05, 0) is 68.7 Å². The van der Waals surface area contributed by atoms with Crippen LogP contribution in [0.4, 0.5) is 5.69 Å². The maximum atomic E-state index is 14.1. The van der Waals surface area contributed by atoms with Gasteiger partial charge in [0, 0.05) is 73.9 Å². The van der Waals surface area contributed by atoms with Gasteiger partial charge >= 0.3 is 5.97 Å². The van der Waals surface area contributed by atoms with E-state index in [2.05, 4.69) is 57.7 Å². The van der Waals surface area contributed by atoms with Crippen molar-refractivity contribution >= 4 is 28.3 Å². The molecule has 0 bridgehead atoms. The maximum absolute atomic E-state index is 14.1. The maximum Gasteiger partial charge on any atom is 0.305 e. The molecule has 2 heterocycles. The van der Waals surface area contributed by atoms with Crippen molar-refractivity contribution in [3.8, 4) is 17.2 Å². The number of esters is 1. The van der Waals surface area contributed by atoms with Crippen molar-refractivity contribution in [2.75, 3.05) is 57.9 Å². The van der Waals surface area contributed by atoms with Crippen molar-refractivity contribution in [2.24, 2.45) is 0 Å². The van der Waals surface area contributed by atoms with E-state index >= 15 is 0 Å². The van der Waals surface area contributed by atoms with Crippen LogP contribution in [0.25, 0.3) is 10.9 Å². The number of carbonyl (C=O) groups is 2. The van der Waals surface area contributed by atoms with Crippen LogP contribution in [-0.4, -0.2) is 74.3 Å². The molecule has 9 heteroatoms. The highest BCUT2D eigenvalue weighted by atomic mass is 16.5. The lowest BCUT2D eigenvalue weighted by molar-refractivity contribution is -0.143. The van der Waals surface area contributed by atoms with E-state index in [1.54, 1.807) is 7.11 Å². The largest absolute Gasteiger partial charge is 0.495 e. The molecule has 4 aromatic carbocycles. The zero-order valence-corrected chi connectivity index (χ0v) is 30.5. The van der Waals surface area contributed by atoms with Crippen LogP contribution < -0.4 is 19.1 Å². The van der Waals surface area contributed by atoms with E-state index in [-0.39, 0.29) is 11.8 Å². The van der Waals surface area contributed by atoms with Gasteiger partial charge in [0.25, 0.3) is 0 Å². The molecule has 0 unspecified atom stereocenters. The number of nitrogens with zero attached hydrogens (tertiary/aromatic N) is 3. The predicted molar refractivity (Wildman–Crippen MR) is 205 cm³/mol. The molecule has 272 valence electrons. The van der Waals surface area contributed by atoms with Crippen molar-refractivity contribution in [1.29, 1.82) is 0 Å². The highest BCUT2D eigenvalue weighted by Crippen LogP contribution is 2.33. The highest BCUT2D eigenvalue weighted by Gasteiger charge is 2.21. The highest BCUT2D eigenvalue weighted by molar-refractivity contribution is 6.16. The van der Waals surface area contributed by atoms with Gasteiger partial charge in [0.2, 0.25) is 0 Å². The zero-order valence-electron chi connectivity index (χ0n) is 30.5. The van der Waals surface area contributed by atoms with Crippen LogP contribution in [0, 0.1) is 6.92 Å². The minimum Gasteiger partial charge on any atom is -0.495 e. The topological polar surface area (TPSA) is 82.5 Å². The number of aromatic nitrogens is 1. The number of methoxy groups -OCH3 is 1. The molecule has 9 nitrogen and oxygen atoms in total. The molecule has 1 aromatic heterocycles. The van der Waals surface area contributed by atoms with Crippen molar-refractivity contribution in [1.82, 2.24) is 9.47 Å². The number of ether oxygens (including phenoxy) is 4. The quantitative estimate of drug-likeness (QED) is 0.0554.